The number of pyridine rings is 1. The van der Waals surface area contributed by atoms with E-state index in [1.165, 1.54) is 22.7 Å². The highest BCUT2D eigenvalue weighted by atomic mass is 19.1. The highest BCUT2D eigenvalue weighted by Crippen LogP contribution is 2.34. The van der Waals surface area contributed by atoms with Gasteiger partial charge in [0.25, 0.3) is 5.91 Å². The summed E-state index contributed by atoms with van der Waals surface area (Å²) >= 11 is 0. The molecule has 0 spiro atoms. The summed E-state index contributed by atoms with van der Waals surface area (Å²) in [5.41, 5.74) is -0.513. The number of imidazole rings is 1. The van der Waals surface area contributed by atoms with Crippen LogP contribution in [0.25, 0.3) is 5.52 Å². The lowest BCUT2D eigenvalue weighted by molar-refractivity contribution is 0.0930. The first-order valence-corrected chi connectivity index (χ1v) is 5.51. The molecular formula is C12H9FN4O. The van der Waals surface area contributed by atoms with Crippen LogP contribution in [0.4, 0.5) is 4.39 Å². The van der Waals surface area contributed by atoms with Gasteiger partial charge in [0.15, 0.2) is 0 Å². The summed E-state index contributed by atoms with van der Waals surface area (Å²) in [7, 11) is 0. The van der Waals surface area contributed by atoms with Gasteiger partial charge in [0, 0.05) is 6.20 Å². The molecule has 0 radical (unpaired) electrons. The number of aromatic nitrogens is 2. The van der Waals surface area contributed by atoms with Crippen molar-refractivity contribution < 1.29 is 9.18 Å². The summed E-state index contributed by atoms with van der Waals surface area (Å²) in [4.78, 5) is 15.9. The second kappa shape index (κ2) is 3.53. The number of hydrogen-bond donors (Lipinski definition) is 1. The number of carbonyl (C=O) groups is 1. The van der Waals surface area contributed by atoms with Gasteiger partial charge < -0.3 is 5.32 Å². The molecule has 1 amide bonds. The lowest BCUT2D eigenvalue weighted by atomic mass is 10.3. The van der Waals surface area contributed by atoms with E-state index in [-0.39, 0.29) is 11.3 Å². The van der Waals surface area contributed by atoms with Crippen LogP contribution in [0.15, 0.2) is 24.5 Å². The number of rotatable bonds is 2. The number of carbonyl (C=O) groups excluding carboxylic acids is 1. The van der Waals surface area contributed by atoms with Gasteiger partial charge in [-0.3, -0.25) is 9.20 Å². The fraction of sp³-hybridized carbons (Fsp3) is 0.250. The lowest BCUT2D eigenvalue weighted by Gasteiger charge is -2.08. The standard InChI is InChI=1S/C12H9FN4O/c13-8-2-1-5-17-9(8)6-15-10(17)11(18)16-12(7-14)3-4-12/h1-2,5-6H,3-4H2,(H,16,18). The number of amides is 1. The van der Waals surface area contributed by atoms with Crippen LogP contribution in [0.1, 0.15) is 23.5 Å². The number of nitrogens with zero attached hydrogens (tertiary/aromatic N) is 3. The molecule has 2 heterocycles. The Morgan fingerprint density at radius 3 is 3.06 bits per heavy atom. The Morgan fingerprint density at radius 1 is 1.61 bits per heavy atom. The number of fused-ring (bicyclic) bond motifs is 1. The van der Waals surface area contributed by atoms with E-state index in [1.54, 1.807) is 6.20 Å². The van der Waals surface area contributed by atoms with Gasteiger partial charge >= 0.3 is 0 Å². The minimum atomic E-state index is -0.754. The molecule has 0 bridgehead atoms. The zero-order valence-electron chi connectivity index (χ0n) is 9.35. The van der Waals surface area contributed by atoms with Crippen LogP contribution < -0.4 is 5.32 Å². The summed E-state index contributed by atoms with van der Waals surface area (Å²) in [5, 5.41) is 11.5. The molecule has 3 rings (SSSR count). The fourth-order valence-electron chi connectivity index (χ4n) is 1.82. The van der Waals surface area contributed by atoms with Crippen molar-refractivity contribution in [1.82, 2.24) is 14.7 Å². The molecule has 0 saturated heterocycles. The molecule has 2 aromatic rings. The minimum absolute atomic E-state index is 0.0889. The van der Waals surface area contributed by atoms with E-state index in [0.717, 1.165) is 0 Å². The number of nitrogens with one attached hydrogen (secondary N) is 1. The summed E-state index contributed by atoms with van der Waals surface area (Å²) in [6.45, 7) is 0. The third-order valence-electron chi connectivity index (χ3n) is 3.04. The second-order valence-electron chi connectivity index (χ2n) is 4.34. The molecule has 0 unspecified atom stereocenters. The Labute approximate surface area is 102 Å². The summed E-state index contributed by atoms with van der Waals surface area (Å²) in [6.07, 6.45) is 4.16. The molecule has 1 fully saturated rings. The van der Waals surface area contributed by atoms with Crippen LogP contribution in [0.3, 0.4) is 0 Å². The predicted molar refractivity (Wildman–Crippen MR) is 60.2 cm³/mol. The first kappa shape index (κ1) is 10.7. The largest absolute Gasteiger partial charge is 0.331 e. The first-order valence-electron chi connectivity index (χ1n) is 5.51. The lowest BCUT2D eigenvalue weighted by Crippen LogP contribution is -2.36. The van der Waals surface area contributed by atoms with Crippen molar-refractivity contribution in [3.05, 3.63) is 36.2 Å². The Morgan fingerprint density at radius 2 is 2.39 bits per heavy atom. The SMILES string of the molecule is N#CC1(NC(=O)c2ncc3c(F)cccn23)CC1. The fourth-order valence-corrected chi connectivity index (χ4v) is 1.82. The Hall–Kier alpha value is -2.42. The molecule has 6 heteroatoms. The van der Waals surface area contributed by atoms with Crippen molar-refractivity contribution >= 4 is 11.4 Å². The molecule has 1 N–H and O–H groups in total. The first-order chi connectivity index (χ1) is 8.65. The molecule has 18 heavy (non-hydrogen) atoms. The van der Waals surface area contributed by atoms with Gasteiger partial charge in [0.2, 0.25) is 5.82 Å². The molecule has 0 aliphatic heterocycles. The highest BCUT2D eigenvalue weighted by molar-refractivity contribution is 5.93. The third kappa shape index (κ3) is 1.52. The maximum atomic E-state index is 13.4. The van der Waals surface area contributed by atoms with E-state index in [9.17, 15) is 9.18 Å². The number of hydrogen-bond acceptors (Lipinski definition) is 3. The van der Waals surface area contributed by atoms with Crippen molar-refractivity contribution in [2.24, 2.45) is 0 Å². The zero-order chi connectivity index (χ0) is 12.8. The monoisotopic (exact) mass is 244 g/mol. The summed E-state index contributed by atoms with van der Waals surface area (Å²) in [6, 6.07) is 4.86. The van der Waals surface area contributed by atoms with E-state index in [0.29, 0.717) is 12.8 Å². The average Bonchev–Trinajstić information content (AvgIpc) is 2.99. The second-order valence-corrected chi connectivity index (χ2v) is 4.34. The third-order valence-corrected chi connectivity index (χ3v) is 3.04. The van der Waals surface area contributed by atoms with E-state index in [2.05, 4.69) is 16.4 Å². The van der Waals surface area contributed by atoms with Crippen LogP contribution in [-0.4, -0.2) is 20.8 Å². The van der Waals surface area contributed by atoms with E-state index >= 15 is 0 Å². The smallest absolute Gasteiger partial charge is 0.288 e. The Kier molecular flexibility index (Phi) is 2.10. The average molecular weight is 244 g/mol. The van der Waals surface area contributed by atoms with Gasteiger partial charge in [-0.2, -0.15) is 5.26 Å². The normalized spacial score (nSPS) is 16.2. The summed E-state index contributed by atoms with van der Waals surface area (Å²) < 4.78 is 14.8. The van der Waals surface area contributed by atoms with Crippen LogP contribution >= 0.6 is 0 Å². The van der Waals surface area contributed by atoms with Gasteiger partial charge in [-0.1, -0.05) is 0 Å². The molecule has 1 saturated carbocycles. The quantitative estimate of drug-likeness (QED) is 0.864. The van der Waals surface area contributed by atoms with Crippen LogP contribution in [-0.2, 0) is 0 Å². The molecule has 0 aromatic carbocycles. The molecule has 90 valence electrons. The molecule has 1 aliphatic rings. The van der Waals surface area contributed by atoms with Gasteiger partial charge in [-0.05, 0) is 25.0 Å². The van der Waals surface area contributed by atoms with Crippen molar-refractivity contribution in [2.75, 3.05) is 0 Å². The van der Waals surface area contributed by atoms with Crippen molar-refractivity contribution in [3.8, 4) is 6.07 Å². The number of nitriles is 1. The molecule has 2 aromatic heterocycles. The van der Waals surface area contributed by atoms with Gasteiger partial charge in [0.05, 0.1) is 12.3 Å². The summed E-state index contributed by atoms with van der Waals surface area (Å²) in [5.74, 6) is -0.809. The van der Waals surface area contributed by atoms with Crippen LogP contribution in [0.5, 0.6) is 0 Å². The Bertz CT molecular complexity index is 681. The zero-order valence-corrected chi connectivity index (χ0v) is 9.35. The van der Waals surface area contributed by atoms with E-state index in [4.69, 9.17) is 5.26 Å². The molecule has 5 nitrogen and oxygen atoms in total. The van der Waals surface area contributed by atoms with Gasteiger partial charge in [-0.25, -0.2) is 9.37 Å². The van der Waals surface area contributed by atoms with E-state index < -0.39 is 17.3 Å². The molecule has 1 aliphatic carbocycles. The number of halogens is 1. The highest BCUT2D eigenvalue weighted by Gasteiger charge is 2.45. The topological polar surface area (TPSA) is 70.2 Å². The Balaban J connectivity index is 1.98. The van der Waals surface area contributed by atoms with Gasteiger partial charge in [-0.15, -0.1) is 0 Å². The maximum Gasteiger partial charge on any atom is 0.288 e. The predicted octanol–water partition coefficient (Wildman–Crippen LogP) is 1.26. The van der Waals surface area contributed by atoms with Crippen molar-refractivity contribution in [1.29, 1.82) is 5.26 Å². The van der Waals surface area contributed by atoms with Crippen LogP contribution in [0.2, 0.25) is 0 Å². The van der Waals surface area contributed by atoms with E-state index in [1.807, 2.05) is 0 Å². The molecular weight excluding hydrogens is 235 g/mol. The molecule has 0 atom stereocenters. The van der Waals surface area contributed by atoms with Crippen LogP contribution in [0, 0.1) is 17.1 Å². The minimum Gasteiger partial charge on any atom is -0.331 e. The van der Waals surface area contributed by atoms with Gasteiger partial charge in [0.1, 0.15) is 16.9 Å². The maximum absolute atomic E-state index is 13.4. The van der Waals surface area contributed by atoms with Crippen molar-refractivity contribution in [2.45, 2.75) is 18.4 Å². The van der Waals surface area contributed by atoms with Crippen molar-refractivity contribution in [3.63, 3.8) is 0 Å².